The SMILES string of the molecule is CCC(C)C(Cn1ncc(N2CCCCC2)cc1=O)NC. The number of nitrogens with one attached hydrogen (secondary N) is 1. The molecule has 0 aliphatic carbocycles. The highest BCUT2D eigenvalue weighted by Gasteiger charge is 2.17. The van der Waals surface area contributed by atoms with Crippen molar-refractivity contribution in [3.05, 3.63) is 22.6 Å². The molecule has 1 aromatic heterocycles. The zero-order chi connectivity index (χ0) is 15.2. The molecule has 0 amide bonds. The quantitative estimate of drug-likeness (QED) is 0.869. The molecule has 1 fully saturated rings. The molecule has 2 unspecified atom stereocenters. The average Bonchev–Trinajstić information content (AvgIpc) is 2.53. The molecule has 21 heavy (non-hydrogen) atoms. The van der Waals surface area contributed by atoms with Crippen LogP contribution in [0.4, 0.5) is 5.69 Å². The van der Waals surface area contributed by atoms with Crippen LogP contribution < -0.4 is 15.8 Å². The number of hydrogen-bond donors (Lipinski definition) is 1. The lowest BCUT2D eigenvalue weighted by Crippen LogP contribution is -2.40. The van der Waals surface area contributed by atoms with Gasteiger partial charge in [-0.05, 0) is 32.2 Å². The van der Waals surface area contributed by atoms with Crippen molar-refractivity contribution in [2.75, 3.05) is 25.0 Å². The average molecular weight is 292 g/mol. The lowest BCUT2D eigenvalue weighted by molar-refractivity contribution is 0.330. The highest BCUT2D eigenvalue weighted by Crippen LogP contribution is 2.17. The Morgan fingerprint density at radius 3 is 2.62 bits per heavy atom. The molecular formula is C16H28N4O. The van der Waals surface area contributed by atoms with E-state index in [-0.39, 0.29) is 11.6 Å². The summed E-state index contributed by atoms with van der Waals surface area (Å²) >= 11 is 0. The Morgan fingerprint density at radius 2 is 2.05 bits per heavy atom. The van der Waals surface area contributed by atoms with Crippen molar-refractivity contribution in [2.24, 2.45) is 5.92 Å². The monoisotopic (exact) mass is 292 g/mol. The Labute approximate surface area is 127 Å². The van der Waals surface area contributed by atoms with E-state index in [9.17, 15) is 4.79 Å². The summed E-state index contributed by atoms with van der Waals surface area (Å²) < 4.78 is 1.58. The predicted octanol–water partition coefficient (Wildman–Crippen LogP) is 1.87. The fraction of sp³-hybridized carbons (Fsp3) is 0.750. The van der Waals surface area contributed by atoms with Gasteiger partial charge in [-0.15, -0.1) is 0 Å². The van der Waals surface area contributed by atoms with E-state index in [2.05, 4.69) is 29.2 Å². The van der Waals surface area contributed by atoms with Crippen molar-refractivity contribution in [1.82, 2.24) is 15.1 Å². The summed E-state index contributed by atoms with van der Waals surface area (Å²) in [6, 6.07) is 2.02. The van der Waals surface area contributed by atoms with Gasteiger partial charge in [-0.2, -0.15) is 5.10 Å². The minimum Gasteiger partial charge on any atom is -0.370 e. The molecule has 0 radical (unpaired) electrons. The molecule has 0 aromatic carbocycles. The molecule has 1 aliphatic rings. The van der Waals surface area contributed by atoms with Crippen molar-refractivity contribution in [3.8, 4) is 0 Å². The third-order valence-electron chi connectivity index (χ3n) is 4.65. The van der Waals surface area contributed by atoms with Crippen LogP contribution in [-0.2, 0) is 6.54 Å². The second-order valence-corrected chi connectivity index (χ2v) is 6.06. The first-order chi connectivity index (χ1) is 10.2. The largest absolute Gasteiger partial charge is 0.370 e. The Balaban J connectivity index is 2.09. The molecule has 1 aliphatic heterocycles. The third-order valence-corrected chi connectivity index (χ3v) is 4.65. The van der Waals surface area contributed by atoms with Crippen molar-refractivity contribution < 1.29 is 0 Å². The molecule has 2 heterocycles. The van der Waals surface area contributed by atoms with E-state index >= 15 is 0 Å². The summed E-state index contributed by atoms with van der Waals surface area (Å²) in [5, 5.41) is 7.68. The van der Waals surface area contributed by atoms with E-state index in [1.54, 1.807) is 10.7 Å². The van der Waals surface area contributed by atoms with Gasteiger partial charge >= 0.3 is 0 Å². The standard InChI is InChI=1S/C16H28N4O/c1-4-13(2)15(17-3)12-20-16(21)10-14(11-18-20)19-8-6-5-7-9-19/h10-11,13,15,17H,4-9,12H2,1-3H3. The van der Waals surface area contributed by atoms with Crippen LogP contribution in [0.3, 0.4) is 0 Å². The fourth-order valence-electron chi connectivity index (χ4n) is 2.91. The summed E-state index contributed by atoms with van der Waals surface area (Å²) in [4.78, 5) is 14.6. The van der Waals surface area contributed by atoms with Gasteiger partial charge in [-0.3, -0.25) is 4.79 Å². The lowest BCUT2D eigenvalue weighted by Gasteiger charge is -2.28. The van der Waals surface area contributed by atoms with Gasteiger partial charge in [0.15, 0.2) is 0 Å². The number of hydrogen-bond acceptors (Lipinski definition) is 4. The molecule has 1 saturated heterocycles. The Bertz CT molecular complexity index is 493. The minimum absolute atomic E-state index is 0.00151. The molecule has 0 bridgehead atoms. The number of likely N-dealkylation sites (N-methyl/N-ethyl adjacent to an activating group) is 1. The molecule has 5 heteroatoms. The van der Waals surface area contributed by atoms with Crippen LogP contribution in [0, 0.1) is 5.92 Å². The van der Waals surface area contributed by atoms with E-state index < -0.39 is 0 Å². The zero-order valence-electron chi connectivity index (χ0n) is 13.5. The van der Waals surface area contributed by atoms with Gasteiger partial charge in [0.05, 0.1) is 18.4 Å². The summed E-state index contributed by atoms with van der Waals surface area (Å²) in [5.74, 6) is 0.519. The van der Waals surface area contributed by atoms with Crippen molar-refractivity contribution in [1.29, 1.82) is 0 Å². The summed E-state index contributed by atoms with van der Waals surface area (Å²) in [6.45, 7) is 7.08. The third kappa shape index (κ3) is 4.06. The fourth-order valence-corrected chi connectivity index (χ4v) is 2.91. The van der Waals surface area contributed by atoms with E-state index in [0.29, 0.717) is 12.5 Å². The molecule has 0 saturated carbocycles. The summed E-state index contributed by atoms with van der Waals surface area (Å²) in [5.41, 5.74) is 0.974. The normalized spacial score (nSPS) is 18.5. The molecule has 2 rings (SSSR count). The molecule has 5 nitrogen and oxygen atoms in total. The van der Waals surface area contributed by atoms with Crippen molar-refractivity contribution in [3.63, 3.8) is 0 Å². The predicted molar refractivity (Wildman–Crippen MR) is 86.9 cm³/mol. The first kappa shape index (κ1) is 16.0. The molecule has 0 spiro atoms. The van der Waals surface area contributed by atoms with Gasteiger partial charge < -0.3 is 10.2 Å². The van der Waals surface area contributed by atoms with Gasteiger partial charge in [0.1, 0.15) is 0 Å². The maximum Gasteiger partial charge on any atom is 0.268 e. The molecule has 118 valence electrons. The van der Waals surface area contributed by atoms with Crippen molar-refractivity contribution in [2.45, 2.75) is 52.1 Å². The highest BCUT2D eigenvalue weighted by atomic mass is 16.1. The maximum atomic E-state index is 12.3. The van der Waals surface area contributed by atoms with Gasteiger partial charge in [0.2, 0.25) is 0 Å². The Kier molecular flexibility index (Phi) is 5.79. The Hall–Kier alpha value is -1.36. The number of rotatable bonds is 6. The van der Waals surface area contributed by atoms with Crippen LogP contribution >= 0.6 is 0 Å². The smallest absolute Gasteiger partial charge is 0.268 e. The van der Waals surface area contributed by atoms with E-state index in [4.69, 9.17) is 0 Å². The number of anilines is 1. The molecule has 1 N–H and O–H groups in total. The number of nitrogens with zero attached hydrogens (tertiary/aromatic N) is 3. The molecule has 2 atom stereocenters. The van der Waals surface area contributed by atoms with Crippen LogP contribution in [0.1, 0.15) is 39.5 Å². The zero-order valence-corrected chi connectivity index (χ0v) is 13.5. The van der Waals surface area contributed by atoms with Crippen LogP contribution in [-0.4, -0.2) is 36.0 Å². The van der Waals surface area contributed by atoms with E-state index in [0.717, 1.165) is 25.2 Å². The summed E-state index contributed by atoms with van der Waals surface area (Å²) in [6.07, 6.45) is 6.64. The second-order valence-electron chi connectivity index (χ2n) is 6.06. The first-order valence-corrected chi connectivity index (χ1v) is 8.15. The van der Waals surface area contributed by atoms with Gasteiger partial charge in [-0.25, -0.2) is 4.68 Å². The topological polar surface area (TPSA) is 50.2 Å². The number of aromatic nitrogens is 2. The summed E-state index contributed by atoms with van der Waals surface area (Å²) in [7, 11) is 1.95. The van der Waals surface area contributed by atoms with Crippen LogP contribution in [0.2, 0.25) is 0 Å². The van der Waals surface area contributed by atoms with Gasteiger partial charge in [-0.1, -0.05) is 20.3 Å². The highest BCUT2D eigenvalue weighted by molar-refractivity contribution is 5.43. The van der Waals surface area contributed by atoms with E-state index in [1.807, 2.05) is 13.2 Å². The van der Waals surface area contributed by atoms with Crippen molar-refractivity contribution >= 4 is 5.69 Å². The maximum absolute atomic E-state index is 12.3. The molecule has 1 aromatic rings. The van der Waals surface area contributed by atoms with Crippen LogP contribution in [0.5, 0.6) is 0 Å². The van der Waals surface area contributed by atoms with Crippen LogP contribution in [0.15, 0.2) is 17.1 Å². The first-order valence-electron chi connectivity index (χ1n) is 8.15. The minimum atomic E-state index is 0.00151. The Morgan fingerprint density at radius 1 is 1.33 bits per heavy atom. The van der Waals surface area contributed by atoms with Gasteiger partial charge in [0.25, 0.3) is 5.56 Å². The lowest BCUT2D eigenvalue weighted by atomic mass is 9.99. The van der Waals surface area contributed by atoms with E-state index in [1.165, 1.54) is 19.3 Å². The van der Waals surface area contributed by atoms with Gasteiger partial charge in [0, 0.05) is 25.2 Å². The van der Waals surface area contributed by atoms with Crippen LogP contribution in [0.25, 0.3) is 0 Å². The molecular weight excluding hydrogens is 264 g/mol. The number of piperidine rings is 1. The second kappa shape index (κ2) is 7.59.